The first-order valence-corrected chi connectivity index (χ1v) is 2.08. The van der Waals surface area contributed by atoms with Gasteiger partial charge in [-0.3, -0.25) is 0 Å². The fourth-order valence-corrected chi connectivity index (χ4v) is 0. The zero-order valence-electron chi connectivity index (χ0n) is 2.21. The van der Waals surface area contributed by atoms with Gasteiger partial charge in [0, 0.05) is 5.54 Å². The van der Waals surface area contributed by atoms with E-state index < -0.39 is 0 Å². The third-order valence-corrected chi connectivity index (χ3v) is 0.742. The average molecular weight is 164 g/mol. The Hall–Kier alpha value is 0.827. The van der Waals surface area contributed by atoms with E-state index in [0.717, 1.165) is 5.54 Å². The molecule has 0 aliphatic carbocycles. The SMILES string of the molecule is ClC=C(Cl)Cl.[SiH4]. The van der Waals surface area contributed by atoms with E-state index in [4.69, 9.17) is 34.8 Å². The number of halogens is 3. The number of hydrogen-bond donors (Lipinski definition) is 0. The highest BCUT2D eigenvalue weighted by Crippen LogP contribution is 2.05. The first-order valence-electron chi connectivity index (χ1n) is 0.885. The van der Waals surface area contributed by atoms with E-state index in [1.165, 1.54) is 0 Å². The summed E-state index contributed by atoms with van der Waals surface area (Å²) in [6.45, 7) is 0. The predicted octanol–water partition coefficient (Wildman–Crippen LogP) is 1.05. The first kappa shape index (κ1) is 9.95. The van der Waals surface area contributed by atoms with Crippen molar-refractivity contribution in [3.8, 4) is 0 Å². The molecule has 0 saturated carbocycles. The molecular weight excluding hydrogens is 158 g/mol. The molecule has 0 aromatic rings. The van der Waals surface area contributed by atoms with Gasteiger partial charge in [0.15, 0.2) is 0 Å². The Labute approximate surface area is 56.1 Å². The monoisotopic (exact) mass is 162 g/mol. The second kappa shape index (κ2) is 5.83. The molecule has 0 fully saturated rings. The third-order valence-electron chi connectivity index (χ3n) is 0.0825. The van der Waals surface area contributed by atoms with E-state index in [0.29, 0.717) is 0 Å². The Morgan fingerprint density at radius 1 is 1.33 bits per heavy atom. The molecule has 0 nitrogen and oxygen atoms in total. The summed E-state index contributed by atoms with van der Waals surface area (Å²) < 4.78 is 0.0895. The van der Waals surface area contributed by atoms with Gasteiger partial charge in [-0.15, -0.1) is 0 Å². The Morgan fingerprint density at radius 2 is 1.50 bits per heavy atom. The van der Waals surface area contributed by atoms with Gasteiger partial charge in [0.25, 0.3) is 0 Å². The smallest absolute Gasteiger partial charge is 0.0904 e. The quantitative estimate of drug-likeness (QED) is 0.469. The molecule has 0 saturated heterocycles. The maximum Gasteiger partial charge on any atom is 0.118 e. The lowest BCUT2D eigenvalue weighted by Crippen LogP contribution is -1.33. The third kappa shape index (κ3) is 8.85. The summed E-state index contributed by atoms with van der Waals surface area (Å²) in [6.07, 6.45) is 0. The van der Waals surface area contributed by atoms with Crippen molar-refractivity contribution in [2.45, 2.75) is 0 Å². The number of rotatable bonds is 0. The van der Waals surface area contributed by atoms with Gasteiger partial charge in [-0.05, 0) is 11.0 Å². The van der Waals surface area contributed by atoms with E-state index in [9.17, 15) is 0 Å². The van der Waals surface area contributed by atoms with Crippen molar-refractivity contribution < 1.29 is 0 Å². The highest BCUT2D eigenvalue weighted by atomic mass is 35.5. The van der Waals surface area contributed by atoms with Crippen LogP contribution >= 0.6 is 34.8 Å². The van der Waals surface area contributed by atoms with Crippen LogP contribution in [0.25, 0.3) is 0 Å². The lowest BCUT2D eigenvalue weighted by Gasteiger charge is -1.64. The minimum absolute atomic E-state index is 0. The molecule has 0 unspecified atom stereocenters. The molecule has 6 heavy (non-hydrogen) atoms. The molecule has 0 radical (unpaired) electrons. The van der Waals surface area contributed by atoms with Crippen molar-refractivity contribution in [1.29, 1.82) is 0 Å². The highest BCUT2D eigenvalue weighted by Gasteiger charge is 1.70. The maximum atomic E-state index is 4.96. The van der Waals surface area contributed by atoms with E-state index in [1.807, 2.05) is 0 Å². The second-order valence-corrected chi connectivity index (χ2v) is 1.62. The Kier molecular flexibility index (Phi) is 9.66. The van der Waals surface area contributed by atoms with Gasteiger partial charge in [0.1, 0.15) is 4.49 Å². The normalized spacial score (nSPS) is 5.83. The molecule has 0 bridgehead atoms. The molecule has 0 heterocycles. The molecule has 0 aliphatic heterocycles. The van der Waals surface area contributed by atoms with E-state index in [2.05, 4.69) is 0 Å². The van der Waals surface area contributed by atoms with Crippen molar-refractivity contribution in [3.63, 3.8) is 0 Å². The topological polar surface area (TPSA) is 0 Å². The van der Waals surface area contributed by atoms with Crippen LogP contribution in [0.2, 0.25) is 0 Å². The largest absolute Gasteiger partial charge is 0.118 e. The van der Waals surface area contributed by atoms with Crippen molar-refractivity contribution in [3.05, 3.63) is 10.0 Å². The molecule has 38 valence electrons. The van der Waals surface area contributed by atoms with Crippen molar-refractivity contribution in [1.82, 2.24) is 0 Å². The van der Waals surface area contributed by atoms with Crippen molar-refractivity contribution in [2.24, 2.45) is 0 Å². The lowest BCUT2D eigenvalue weighted by molar-refractivity contribution is 2.36. The Morgan fingerprint density at radius 3 is 1.50 bits per heavy atom. The second-order valence-electron chi connectivity index (χ2n) is 0.399. The van der Waals surface area contributed by atoms with Crippen molar-refractivity contribution >= 4 is 45.8 Å². The predicted molar refractivity (Wildman–Crippen MR) is 37.0 cm³/mol. The summed E-state index contributed by atoms with van der Waals surface area (Å²) in [4.78, 5) is 0. The van der Waals surface area contributed by atoms with E-state index in [-0.39, 0.29) is 15.5 Å². The Balaban J connectivity index is 0. The Bertz CT molecular complexity index is 46.8. The van der Waals surface area contributed by atoms with Crippen molar-refractivity contribution in [2.75, 3.05) is 0 Å². The first-order chi connectivity index (χ1) is 2.27. The molecule has 0 aliphatic rings. The standard InChI is InChI=1S/C2HCl3.H4Si/c3-1-2(4)5;/h1H;1H4. The summed E-state index contributed by atoms with van der Waals surface area (Å²) in [5.41, 5.74) is 1.09. The summed E-state index contributed by atoms with van der Waals surface area (Å²) in [5.74, 6) is 0. The van der Waals surface area contributed by atoms with Crippen LogP contribution in [0.3, 0.4) is 0 Å². The van der Waals surface area contributed by atoms with Gasteiger partial charge in [-0.2, -0.15) is 0 Å². The van der Waals surface area contributed by atoms with Crippen LogP contribution in [0.15, 0.2) is 10.0 Å². The fourth-order valence-electron chi connectivity index (χ4n) is 0. The minimum atomic E-state index is 0. The van der Waals surface area contributed by atoms with Crippen LogP contribution in [0.1, 0.15) is 0 Å². The summed E-state index contributed by atoms with van der Waals surface area (Å²) in [5, 5.41) is 0. The van der Waals surface area contributed by atoms with E-state index in [1.54, 1.807) is 0 Å². The van der Waals surface area contributed by atoms with Crippen LogP contribution in [-0.4, -0.2) is 11.0 Å². The molecule has 4 heteroatoms. The van der Waals surface area contributed by atoms with Crippen LogP contribution in [-0.2, 0) is 0 Å². The fraction of sp³-hybridized carbons (Fsp3) is 0. The molecule has 0 spiro atoms. The summed E-state index contributed by atoms with van der Waals surface area (Å²) in [7, 11) is 0. The maximum absolute atomic E-state index is 4.96. The zero-order valence-corrected chi connectivity index (χ0v) is 4.48. The van der Waals surface area contributed by atoms with Crippen LogP contribution in [0, 0.1) is 0 Å². The number of hydrogen-bond acceptors (Lipinski definition) is 0. The van der Waals surface area contributed by atoms with Gasteiger partial charge in [-0.25, -0.2) is 0 Å². The van der Waals surface area contributed by atoms with Crippen LogP contribution in [0.4, 0.5) is 0 Å². The molecule has 0 rings (SSSR count). The molecule has 0 N–H and O–H groups in total. The molecule has 0 aromatic carbocycles. The van der Waals surface area contributed by atoms with Gasteiger partial charge in [0.05, 0.1) is 0 Å². The highest BCUT2D eigenvalue weighted by molar-refractivity contribution is 6.58. The van der Waals surface area contributed by atoms with Gasteiger partial charge in [-0.1, -0.05) is 34.8 Å². The zero-order chi connectivity index (χ0) is 4.28. The molecule has 0 aromatic heterocycles. The van der Waals surface area contributed by atoms with Gasteiger partial charge < -0.3 is 0 Å². The molecular formula is C2H5Cl3Si. The summed E-state index contributed by atoms with van der Waals surface area (Å²) in [6, 6.07) is 0. The summed E-state index contributed by atoms with van der Waals surface area (Å²) >= 11 is 14.8. The lowest BCUT2D eigenvalue weighted by atomic mass is 11.2. The van der Waals surface area contributed by atoms with Gasteiger partial charge in [0.2, 0.25) is 0 Å². The van der Waals surface area contributed by atoms with Crippen LogP contribution < -0.4 is 0 Å². The molecule has 0 amide bonds. The van der Waals surface area contributed by atoms with Crippen LogP contribution in [0.5, 0.6) is 0 Å². The van der Waals surface area contributed by atoms with Gasteiger partial charge >= 0.3 is 0 Å². The minimum Gasteiger partial charge on any atom is -0.0904 e. The average Bonchev–Trinajstić information content (AvgIpc) is 1.38. The van der Waals surface area contributed by atoms with E-state index >= 15 is 0 Å². The molecule has 0 atom stereocenters.